The number of halogens is 2. The fourth-order valence-corrected chi connectivity index (χ4v) is 1.99. The zero-order chi connectivity index (χ0) is 13.7. The van der Waals surface area contributed by atoms with Crippen LogP contribution < -0.4 is 0 Å². The molecule has 0 bridgehead atoms. The highest BCUT2D eigenvalue weighted by Gasteiger charge is 2.28. The van der Waals surface area contributed by atoms with Gasteiger partial charge in [0.15, 0.2) is 5.92 Å². The van der Waals surface area contributed by atoms with E-state index in [-0.39, 0.29) is 13.0 Å². The highest BCUT2D eigenvalue weighted by atomic mass is 79.9. The SMILES string of the molecule is CCOC(=O)C(Cc1cc(F)cc(Br)c1)C(=O)O. The Morgan fingerprint density at radius 1 is 1.44 bits per heavy atom. The van der Waals surface area contributed by atoms with Gasteiger partial charge in [-0.2, -0.15) is 0 Å². The van der Waals surface area contributed by atoms with Crippen molar-refractivity contribution in [1.82, 2.24) is 0 Å². The van der Waals surface area contributed by atoms with Crippen molar-refractivity contribution in [2.24, 2.45) is 5.92 Å². The van der Waals surface area contributed by atoms with E-state index in [4.69, 9.17) is 5.11 Å². The minimum atomic E-state index is -1.32. The van der Waals surface area contributed by atoms with Crippen LogP contribution in [0.15, 0.2) is 22.7 Å². The minimum absolute atomic E-state index is 0.107. The predicted molar refractivity (Wildman–Crippen MR) is 65.6 cm³/mol. The second-order valence-corrected chi connectivity index (χ2v) is 4.54. The van der Waals surface area contributed by atoms with E-state index >= 15 is 0 Å². The smallest absolute Gasteiger partial charge is 0.320 e. The first-order valence-corrected chi connectivity index (χ1v) is 6.07. The van der Waals surface area contributed by atoms with E-state index in [0.717, 1.165) is 0 Å². The number of hydrogen-bond acceptors (Lipinski definition) is 3. The molecule has 1 aromatic rings. The lowest BCUT2D eigenvalue weighted by Crippen LogP contribution is -2.28. The van der Waals surface area contributed by atoms with Gasteiger partial charge in [-0.1, -0.05) is 15.9 Å². The second kappa shape index (κ2) is 6.49. The van der Waals surface area contributed by atoms with Crippen molar-refractivity contribution < 1.29 is 23.8 Å². The second-order valence-electron chi connectivity index (χ2n) is 3.62. The normalized spacial score (nSPS) is 11.9. The molecule has 1 rings (SSSR count). The van der Waals surface area contributed by atoms with Crippen LogP contribution in [-0.4, -0.2) is 23.7 Å². The maximum atomic E-state index is 13.1. The largest absolute Gasteiger partial charge is 0.481 e. The van der Waals surface area contributed by atoms with E-state index < -0.39 is 23.7 Å². The van der Waals surface area contributed by atoms with Crippen LogP contribution in [0.25, 0.3) is 0 Å². The first-order chi connectivity index (χ1) is 8.43. The molecule has 0 saturated heterocycles. The van der Waals surface area contributed by atoms with Crippen LogP contribution in [0.2, 0.25) is 0 Å². The summed E-state index contributed by atoms with van der Waals surface area (Å²) in [5, 5.41) is 8.96. The Morgan fingerprint density at radius 3 is 2.61 bits per heavy atom. The number of carboxylic acids is 1. The molecule has 0 amide bonds. The van der Waals surface area contributed by atoms with E-state index in [2.05, 4.69) is 20.7 Å². The lowest BCUT2D eigenvalue weighted by molar-refractivity contribution is -0.158. The van der Waals surface area contributed by atoms with Crippen LogP contribution >= 0.6 is 15.9 Å². The van der Waals surface area contributed by atoms with Gasteiger partial charge >= 0.3 is 11.9 Å². The number of rotatable bonds is 5. The molecule has 0 spiro atoms. The molecular formula is C12H12BrFO4. The first kappa shape index (κ1) is 14.6. The molecule has 0 radical (unpaired) electrons. The lowest BCUT2D eigenvalue weighted by atomic mass is 9.99. The van der Waals surface area contributed by atoms with Crippen molar-refractivity contribution in [3.63, 3.8) is 0 Å². The Labute approximate surface area is 112 Å². The Balaban J connectivity index is 2.89. The van der Waals surface area contributed by atoms with E-state index in [1.165, 1.54) is 12.1 Å². The summed E-state index contributed by atoms with van der Waals surface area (Å²) in [6.45, 7) is 1.70. The molecule has 0 aliphatic rings. The summed E-state index contributed by atoms with van der Waals surface area (Å²) in [4.78, 5) is 22.4. The number of aliphatic carboxylic acids is 1. The molecule has 4 nitrogen and oxygen atoms in total. The standard InChI is InChI=1S/C12H12BrFO4/c1-2-18-12(17)10(11(15)16)5-7-3-8(13)6-9(14)4-7/h3-4,6,10H,2,5H2,1H3,(H,15,16). The zero-order valence-electron chi connectivity index (χ0n) is 9.65. The summed E-state index contributed by atoms with van der Waals surface area (Å²) >= 11 is 3.10. The third-order valence-electron chi connectivity index (χ3n) is 2.23. The molecular weight excluding hydrogens is 307 g/mol. The Bertz CT molecular complexity index is 441. The van der Waals surface area contributed by atoms with Crippen LogP contribution in [0.4, 0.5) is 4.39 Å². The van der Waals surface area contributed by atoms with Crippen molar-refractivity contribution in [2.45, 2.75) is 13.3 Å². The maximum Gasteiger partial charge on any atom is 0.320 e. The lowest BCUT2D eigenvalue weighted by Gasteiger charge is -2.11. The van der Waals surface area contributed by atoms with Crippen LogP contribution in [-0.2, 0) is 20.7 Å². The number of esters is 1. The van der Waals surface area contributed by atoms with Gasteiger partial charge in [-0.15, -0.1) is 0 Å². The van der Waals surface area contributed by atoms with E-state index in [1.54, 1.807) is 13.0 Å². The Hall–Kier alpha value is -1.43. The molecule has 98 valence electrons. The number of benzene rings is 1. The van der Waals surface area contributed by atoms with E-state index in [1.807, 2.05) is 0 Å². The summed E-state index contributed by atoms with van der Waals surface area (Å²) in [6, 6.07) is 4.02. The summed E-state index contributed by atoms with van der Waals surface area (Å²) in [7, 11) is 0. The average Bonchev–Trinajstić information content (AvgIpc) is 2.24. The van der Waals surface area contributed by atoms with Crippen LogP contribution in [0, 0.1) is 11.7 Å². The van der Waals surface area contributed by atoms with Gasteiger partial charge in [0.25, 0.3) is 0 Å². The van der Waals surface area contributed by atoms with Gasteiger partial charge in [0, 0.05) is 4.47 Å². The number of ether oxygens (including phenoxy) is 1. The summed E-state index contributed by atoms with van der Waals surface area (Å²) in [5.41, 5.74) is 0.419. The van der Waals surface area contributed by atoms with Crippen molar-refractivity contribution in [3.8, 4) is 0 Å². The zero-order valence-corrected chi connectivity index (χ0v) is 11.2. The molecule has 0 aromatic heterocycles. The van der Waals surface area contributed by atoms with Crippen molar-refractivity contribution >= 4 is 27.9 Å². The highest BCUT2D eigenvalue weighted by Crippen LogP contribution is 2.18. The molecule has 0 aliphatic heterocycles. The quantitative estimate of drug-likeness (QED) is 0.669. The molecule has 0 aliphatic carbocycles. The molecule has 0 saturated carbocycles. The topological polar surface area (TPSA) is 63.6 Å². The Kier molecular flexibility index (Phi) is 5.27. The molecule has 0 heterocycles. The van der Waals surface area contributed by atoms with Crippen molar-refractivity contribution in [2.75, 3.05) is 6.61 Å². The monoisotopic (exact) mass is 318 g/mol. The van der Waals surface area contributed by atoms with E-state index in [0.29, 0.717) is 10.0 Å². The molecule has 1 aromatic carbocycles. The number of carboxylic acid groups (broad SMARTS) is 1. The van der Waals surface area contributed by atoms with Gasteiger partial charge in [-0.05, 0) is 37.1 Å². The number of hydrogen-bond donors (Lipinski definition) is 1. The van der Waals surface area contributed by atoms with Gasteiger partial charge < -0.3 is 9.84 Å². The van der Waals surface area contributed by atoms with Crippen molar-refractivity contribution in [1.29, 1.82) is 0 Å². The van der Waals surface area contributed by atoms with Crippen LogP contribution in [0.5, 0.6) is 0 Å². The first-order valence-electron chi connectivity index (χ1n) is 5.28. The van der Waals surface area contributed by atoms with Crippen molar-refractivity contribution in [3.05, 3.63) is 34.1 Å². The molecule has 18 heavy (non-hydrogen) atoms. The molecule has 1 atom stereocenters. The minimum Gasteiger partial charge on any atom is -0.481 e. The summed E-state index contributed by atoms with van der Waals surface area (Å²) in [6.07, 6.45) is -0.107. The van der Waals surface area contributed by atoms with Gasteiger partial charge in [-0.3, -0.25) is 9.59 Å². The summed E-state index contributed by atoms with van der Waals surface area (Å²) in [5.74, 6) is -3.91. The molecule has 6 heteroatoms. The molecule has 0 fully saturated rings. The molecule has 1 unspecified atom stereocenters. The maximum absolute atomic E-state index is 13.1. The van der Waals surface area contributed by atoms with Gasteiger partial charge in [0.05, 0.1) is 6.61 Å². The van der Waals surface area contributed by atoms with E-state index in [9.17, 15) is 14.0 Å². The summed E-state index contributed by atoms with van der Waals surface area (Å²) < 4.78 is 18.3. The van der Waals surface area contributed by atoms with Gasteiger partial charge in [-0.25, -0.2) is 4.39 Å². The average molecular weight is 319 g/mol. The molecule has 1 N–H and O–H groups in total. The fraction of sp³-hybridized carbons (Fsp3) is 0.333. The third kappa shape index (κ3) is 4.10. The highest BCUT2D eigenvalue weighted by molar-refractivity contribution is 9.10. The van der Waals surface area contributed by atoms with Gasteiger partial charge in [0.2, 0.25) is 0 Å². The fourth-order valence-electron chi connectivity index (χ4n) is 1.48. The third-order valence-corrected chi connectivity index (χ3v) is 2.69. The predicted octanol–water partition coefficient (Wildman–Crippen LogP) is 2.39. The van der Waals surface area contributed by atoms with Crippen LogP contribution in [0.1, 0.15) is 12.5 Å². The number of carbonyl (C=O) groups excluding carboxylic acids is 1. The van der Waals surface area contributed by atoms with Crippen LogP contribution in [0.3, 0.4) is 0 Å². The van der Waals surface area contributed by atoms with Gasteiger partial charge in [0.1, 0.15) is 5.82 Å². The Morgan fingerprint density at radius 2 is 2.11 bits per heavy atom. The number of carbonyl (C=O) groups is 2.